The minimum atomic E-state index is -0.626. The van der Waals surface area contributed by atoms with Crippen molar-refractivity contribution in [2.75, 3.05) is 13.1 Å². The Bertz CT molecular complexity index is 554. The largest absolute Gasteiger partial charge is 0.415 e. The second kappa shape index (κ2) is 5.52. The quantitative estimate of drug-likeness (QED) is 0.757. The second-order valence-electron chi connectivity index (χ2n) is 3.79. The number of aryl methyl sites for hydroxylation is 1. The summed E-state index contributed by atoms with van der Waals surface area (Å²) in [6.45, 7) is 4.59. The molecule has 0 unspecified atom stereocenters. The lowest BCUT2D eigenvalue weighted by Crippen LogP contribution is -2.39. The Kier molecular flexibility index (Phi) is 4.30. The molecule has 0 atom stereocenters. The van der Waals surface area contributed by atoms with E-state index in [1.165, 1.54) is 29.8 Å². The summed E-state index contributed by atoms with van der Waals surface area (Å²) in [5, 5.41) is 0. The van der Waals surface area contributed by atoms with E-state index in [1.54, 1.807) is 0 Å². The number of amides is 1. The summed E-state index contributed by atoms with van der Waals surface area (Å²) >= 11 is 0. The Morgan fingerprint density at radius 3 is 2.33 bits per heavy atom. The predicted molar refractivity (Wildman–Crippen MR) is 65.9 cm³/mol. The molecule has 0 saturated carbocycles. The molecule has 7 nitrogen and oxygen atoms in total. The van der Waals surface area contributed by atoms with Crippen LogP contribution in [0, 0.1) is 0 Å². The molecule has 0 aliphatic rings. The highest BCUT2D eigenvalue weighted by Crippen LogP contribution is 2.02. The van der Waals surface area contributed by atoms with Crippen molar-refractivity contribution in [3.8, 4) is 5.75 Å². The van der Waals surface area contributed by atoms with Gasteiger partial charge in [0.25, 0.3) is 5.56 Å². The van der Waals surface area contributed by atoms with E-state index in [1.807, 2.05) is 13.8 Å². The summed E-state index contributed by atoms with van der Waals surface area (Å²) in [6.07, 6.45) is 0.613. The molecule has 0 bridgehead atoms. The third-order valence-electron chi connectivity index (χ3n) is 2.63. The molecule has 1 rings (SSSR count). The number of carbonyl (C=O) groups is 1. The Morgan fingerprint density at radius 2 is 1.83 bits per heavy atom. The Hall–Kier alpha value is -2.05. The van der Waals surface area contributed by atoms with E-state index in [4.69, 9.17) is 4.74 Å². The summed E-state index contributed by atoms with van der Waals surface area (Å²) in [6, 6.07) is 0. The van der Waals surface area contributed by atoms with Gasteiger partial charge < -0.3 is 9.64 Å². The first-order valence-corrected chi connectivity index (χ1v) is 5.65. The number of nitrogens with zero attached hydrogens (tertiary/aromatic N) is 3. The summed E-state index contributed by atoms with van der Waals surface area (Å²) < 4.78 is 7.08. The van der Waals surface area contributed by atoms with Crippen LogP contribution in [0.1, 0.15) is 13.8 Å². The van der Waals surface area contributed by atoms with E-state index in [9.17, 15) is 14.4 Å². The Balaban J connectivity index is 3.10. The van der Waals surface area contributed by atoms with E-state index >= 15 is 0 Å². The van der Waals surface area contributed by atoms with Gasteiger partial charge in [0.05, 0.1) is 6.20 Å². The first-order chi connectivity index (χ1) is 8.42. The summed E-state index contributed by atoms with van der Waals surface area (Å²) in [7, 11) is 2.82. The van der Waals surface area contributed by atoms with Crippen LogP contribution >= 0.6 is 0 Å². The zero-order valence-corrected chi connectivity index (χ0v) is 11.0. The Labute approximate surface area is 104 Å². The van der Waals surface area contributed by atoms with Gasteiger partial charge in [-0.2, -0.15) is 0 Å². The first-order valence-electron chi connectivity index (χ1n) is 5.65. The average molecular weight is 255 g/mol. The zero-order valence-electron chi connectivity index (χ0n) is 11.0. The molecule has 1 amide bonds. The lowest BCUT2D eigenvalue weighted by Gasteiger charge is -2.17. The van der Waals surface area contributed by atoms with Crippen molar-refractivity contribution in [3.05, 3.63) is 27.0 Å². The van der Waals surface area contributed by atoms with Crippen LogP contribution in [0.4, 0.5) is 4.79 Å². The maximum atomic E-state index is 11.7. The monoisotopic (exact) mass is 255 g/mol. The van der Waals surface area contributed by atoms with Crippen molar-refractivity contribution in [1.29, 1.82) is 0 Å². The lowest BCUT2D eigenvalue weighted by molar-refractivity contribution is 0.156. The van der Waals surface area contributed by atoms with Crippen molar-refractivity contribution < 1.29 is 9.53 Å². The molecule has 0 spiro atoms. The molecule has 0 N–H and O–H groups in total. The summed E-state index contributed by atoms with van der Waals surface area (Å²) in [5.41, 5.74) is -1.10. The standard InChI is InChI=1S/C11H17N3O4/c1-5-14(6-2)11(17)18-8-7-12(3)10(16)13(4)9(8)15/h7H,5-6H2,1-4H3. The highest BCUT2D eigenvalue weighted by molar-refractivity contribution is 5.70. The van der Waals surface area contributed by atoms with Gasteiger partial charge in [0.1, 0.15) is 0 Å². The maximum absolute atomic E-state index is 11.7. The second-order valence-corrected chi connectivity index (χ2v) is 3.79. The van der Waals surface area contributed by atoms with Gasteiger partial charge in [0.15, 0.2) is 0 Å². The molecule has 0 aromatic carbocycles. The molecule has 0 aliphatic heterocycles. The van der Waals surface area contributed by atoms with Gasteiger partial charge in [-0.25, -0.2) is 9.59 Å². The predicted octanol–water partition coefficient (Wildman–Crippen LogP) is -0.0754. The van der Waals surface area contributed by atoms with E-state index in [0.29, 0.717) is 13.1 Å². The fourth-order valence-corrected chi connectivity index (χ4v) is 1.49. The number of aromatic nitrogens is 2. The van der Waals surface area contributed by atoms with Crippen LogP contribution in [0.15, 0.2) is 15.8 Å². The van der Waals surface area contributed by atoms with Crippen LogP contribution in [0.25, 0.3) is 0 Å². The highest BCUT2D eigenvalue weighted by atomic mass is 16.6. The third kappa shape index (κ3) is 2.61. The molecular weight excluding hydrogens is 238 g/mol. The summed E-state index contributed by atoms with van der Waals surface area (Å²) in [4.78, 5) is 36.3. The minimum Gasteiger partial charge on any atom is -0.403 e. The normalized spacial score (nSPS) is 10.2. The van der Waals surface area contributed by atoms with E-state index < -0.39 is 17.3 Å². The third-order valence-corrected chi connectivity index (χ3v) is 2.63. The highest BCUT2D eigenvalue weighted by Gasteiger charge is 2.16. The topological polar surface area (TPSA) is 73.5 Å². The van der Waals surface area contributed by atoms with Crippen molar-refractivity contribution >= 4 is 6.09 Å². The van der Waals surface area contributed by atoms with Crippen LogP contribution in [0.3, 0.4) is 0 Å². The van der Waals surface area contributed by atoms with E-state index in [0.717, 1.165) is 4.57 Å². The minimum absolute atomic E-state index is 0.156. The summed E-state index contributed by atoms with van der Waals surface area (Å²) in [5.74, 6) is -0.156. The average Bonchev–Trinajstić information content (AvgIpc) is 2.35. The van der Waals surface area contributed by atoms with Gasteiger partial charge in [-0.05, 0) is 13.8 Å². The van der Waals surface area contributed by atoms with Gasteiger partial charge in [0, 0.05) is 27.2 Å². The molecule has 7 heteroatoms. The molecule has 1 aromatic rings. The van der Waals surface area contributed by atoms with Gasteiger partial charge in [0.2, 0.25) is 5.75 Å². The number of hydrogen-bond donors (Lipinski definition) is 0. The van der Waals surface area contributed by atoms with Gasteiger partial charge in [-0.15, -0.1) is 0 Å². The molecule has 0 radical (unpaired) electrons. The van der Waals surface area contributed by atoms with E-state index in [-0.39, 0.29) is 5.75 Å². The molecule has 1 heterocycles. The molecule has 0 fully saturated rings. The molecule has 100 valence electrons. The van der Waals surface area contributed by atoms with Crippen LogP contribution < -0.4 is 16.0 Å². The first kappa shape index (κ1) is 14.0. The van der Waals surface area contributed by atoms with Crippen molar-refractivity contribution in [3.63, 3.8) is 0 Å². The van der Waals surface area contributed by atoms with Crippen molar-refractivity contribution in [1.82, 2.24) is 14.0 Å². The van der Waals surface area contributed by atoms with Crippen LogP contribution in [0.5, 0.6) is 5.75 Å². The fourth-order valence-electron chi connectivity index (χ4n) is 1.49. The van der Waals surface area contributed by atoms with Gasteiger partial charge in [-0.3, -0.25) is 13.9 Å². The Morgan fingerprint density at radius 1 is 1.28 bits per heavy atom. The number of ether oxygens (including phenoxy) is 1. The number of carbonyl (C=O) groups excluding carboxylic acids is 1. The molecule has 1 aromatic heterocycles. The van der Waals surface area contributed by atoms with E-state index in [2.05, 4.69) is 0 Å². The fraction of sp³-hybridized carbons (Fsp3) is 0.545. The molecule has 0 saturated heterocycles. The zero-order chi connectivity index (χ0) is 13.9. The smallest absolute Gasteiger partial charge is 0.403 e. The number of rotatable bonds is 3. The molecular formula is C11H17N3O4. The molecule has 18 heavy (non-hydrogen) atoms. The SMILES string of the molecule is CCN(CC)C(=O)Oc1cn(C)c(=O)n(C)c1=O. The van der Waals surface area contributed by atoms with Crippen LogP contribution in [-0.4, -0.2) is 33.2 Å². The van der Waals surface area contributed by atoms with Gasteiger partial charge in [-0.1, -0.05) is 0 Å². The van der Waals surface area contributed by atoms with Gasteiger partial charge >= 0.3 is 11.8 Å². The number of hydrogen-bond acceptors (Lipinski definition) is 4. The van der Waals surface area contributed by atoms with Crippen LogP contribution in [-0.2, 0) is 14.1 Å². The molecule has 0 aliphatic carbocycles. The lowest BCUT2D eigenvalue weighted by atomic mass is 10.5. The maximum Gasteiger partial charge on any atom is 0.415 e. The van der Waals surface area contributed by atoms with Crippen molar-refractivity contribution in [2.24, 2.45) is 14.1 Å². The van der Waals surface area contributed by atoms with Crippen LogP contribution in [0.2, 0.25) is 0 Å². The van der Waals surface area contributed by atoms with Crippen molar-refractivity contribution in [2.45, 2.75) is 13.8 Å².